The van der Waals surface area contributed by atoms with Gasteiger partial charge in [0.2, 0.25) is 0 Å². The molecule has 0 aliphatic heterocycles. The van der Waals surface area contributed by atoms with Crippen LogP contribution in [0, 0.1) is 40.4 Å². The monoisotopic (exact) mass is 415 g/mol. The molecule has 0 amide bonds. The van der Waals surface area contributed by atoms with Crippen LogP contribution in [0.2, 0.25) is 0 Å². The molecule has 0 aromatic carbocycles. The summed E-state index contributed by atoms with van der Waals surface area (Å²) >= 11 is 0. The van der Waals surface area contributed by atoms with Crippen molar-refractivity contribution in [3.63, 3.8) is 0 Å². The SMILES string of the molecule is CC[C@H]1[C@H]([C@@H]2CC[C@H](C(=O)Cn3nccn3)C2(C)C)CC[C@@H]2C[C@](C)(O)CC[C@@]21C. The van der Waals surface area contributed by atoms with Crippen molar-refractivity contribution in [1.82, 2.24) is 15.0 Å². The fraction of sp³-hybridized carbons (Fsp3) is 0.880. The Kier molecular flexibility index (Phi) is 5.66. The number of carbonyl (C=O) groups excluding carboxylic acids is 1. The number of Topliss-reactive ketones (excluding diaryl/α,β-unsaturated/α-hetero) is 1. The lowest BCUT2D eigenvalue weighted by molar-refractivity contribution is -0.133. The van der Waals surface area contributed by atoms with Crippen LogP contribution in [0.3, 0.4) is 0 Å². The summed E-state index contributed by atoms with van der Waals surface area (Å²) in [6, 6.07) is 0. The highest BCUT2D eigenvalue weighted by Gasteiger charge is 2.57. The van der Waals surface area contributed by atoms with Crippen molar-refractivity contribution in [3.8, 4) is 0 Å². The Hall–Kier alpha value is -1.23. The Morgan fingerprint density at radius 1 is 1.07 bits per heavy atom. The molecular weight excluding hydrogens is 374 g/mol. The summed E-state index contributed by atoms with van der Waals surface area (Å²) in [5.41, 5.74) is -0.136. The molecule has 30 heavy (non-hydrogen) atoms. The van der Waals surface area contributed by atoms with E-state index in [1.165, 1.54) is 24.1 Å². The van der Waals surface area contributed by atoms with Crippen LogP contribution in [-0.4, -0.2) is 31.5 Å². The molecule has 1 aromatic rings. The molecular formula is C25H41N3O2. The molecule has 4 rings (SSSR count). The summed E-state index contributed by atoms with van der Waals surface area (Å²) in [5.74, 6) is 3.01. The fourth-order valence-corrected chi connectivity index (χ4v) is 8.13. The molecule has 3 fully saturated rings. The van der Waals surface area contributed by atoms with E-state index in [0.29, 0.717) is 41.4 Å². The number of fused-ring (bicyclic) bond motifs is 1. The van der Waals surface area contributed by atoms with Crippen LogP contribution in [0.25, 0.3) is 0 Å². The van der Waals surface area contributed by atoms with Gasteiger partial charge < -0.3 is 5.11 Å². The van der Waals surface area contributed by atoms with Gasteiger partial charge in [-0.1, -0.05) is 34.1 Å². The van der Waals surface area contributed by atoms with Gasteiger partial charge in [-0.3, -0.25) is 4.79 Å². The maximum atomic E-state index is 13.1. The van der Waals surface area contributed by atoms with Crippen molar-refractivity contribution in [2.24, 2.45) is 40.4 Å². The maximum Gasteiger partial charge on any atom is 0.159 e. The Labute approximate surface area is 182 Å². The van der Waals surface area contributed by atoms with Gasteiger partial charge in [-0.15, -0.1) is 0 Å². The largest absolute Gasteiger partial charge is 0.390 e. The highest BCUT2D eigenvalue weighted by atomic mass is 16.3. The predicted octanol–water partition coefficient (Wildman–Crippen LogP) is 4.89. The van der Waals surface area contributed by atoms with Crippen LogP contribution >= 0.6 is 0 Å². The average Bonchev–Trinajstić information content (AvgIpc) is 3.28. The van der Waals surface area contributed by atoms with Crippen LogP contribution in [-0.2, 0) is 11.3 Å². The van der Waals surface area contributed by atoms with Crippen molar-refractivity contribution in [3.05, 3.63) is 12.4 Å². The lowest BCUT2D eigenvalue weighted by Crippen LogP contribution is -2.53. The molecule has 0 spiro atoms. The third-order valence-electron chi connectivity index (χ3n) is 9.76. The van der Waals surface area contributed by atoms with E-state index >= 15 is 0 Å². The van der Waals surface area contributed by atoms with Crippen molar-refractivity contribution >= 4 is 5.78 Å². The summed E-state index contributed by atoms with van der Waals surface area (Å²) in [7, 11) is 0. The normalized spacial score (nSPS) is 43.3. The first-order valence-electron chi connectivity index (χ1n) is 12.2. The molecule has 168 valence electrons. The smallest absolute Gasteiger partial charge is 0.159 e. The Balaban J connectivity index is 1.53. The number of ketones is 1. The lowest BCUT2D eigenvalue weighted by atomic mass is 9.47. The van der Waals surface area contributed by atoms with Gasteiger partial charge in [0, 0.05) is 5.92 Å². The first-order chi connectivity index (χ1) is 14.1. The minimum Gasteiger partial charge on any atom is -0.390 e. The summed E-state index contributed by atoms with van der Waals surface area (Å²) in [5, 5.41) is 19.0. The molecule has 5 heteroatoms. The topological polar surface area (TPSA) is 68.0 Å². The zero-order chi connectivity index (χ0) is 21.7. The average molecular weight is 416 g/mol. The second-order valence-electron chi connectivity index (χ2n) is 11.7. The molecule has 1 aromatic heterocycles. The number of hydrogen-bond donors (Lipinski definition) is 1. The summed E-state index contributed by atoms with van der Waals surface area (Å²) in [6.07, 6.45) is 12.2. The lowest BCUT2D eigenvalue weighted by Gasteiger charge is -2.58. The minimum absolute atomic E-state index is 0.0195. The van der Waals surface area contributed by atoms with Gasteiger partial charge >= 0.3 is 0 Å². The van der Waals surface area contributed by atoms with E-state index in [1.54, 1.807) is 12.4 Å². The van der Waals surface area contributed by atoms with Gasteiger partial charge in [-0.25, -0.2) is 0 Å². The quantitative estimate of drug-likeness (QED) is 0.743. The predicted molar refractivity (Wildman–Crippen MR) is 118 cm³/mol. The molecule has 3 saturated carbocycles. The molecule has 0 bridgehead atoms. The van der Waals surface area contributed by atoms with E-state index in [9.17, 15) is 9.90 Å². The molecule has 3 aliphatic carbocycles. The van der Waals surface area contributed by atoms with Crippen LogP contribution in [0.15, 0.2) is 12.4 Å². The molecule has 7 atom stereocenters. The molecule has 0 unspecified atom stereocenters. The van der Waals surface area contributed by atoms with Crippen LogP contribution in [0.4, 0.5) is 0 Å². The molecule has 0 radical (unpaired) electrons. The Bertz CT molecular complexity index is 756. The van der Waals surface area contributed by atoms with Crippen LogP contribution in [0.5, 0.6) is 0 Å². The molecule has 1 N–H and O–H groups in total. The highest BCUT2D eigenvalue weighted by Crippen LogP contribution is 2.63. The maximum absolute atomic E-state index is 13.1. The van der Waals surface area contributed by atoms with Gasteiger partial charge in [0.25, 0.3) is 0 Å². The van der Waals surface area contributed by atoms with Gasteiger partial charge in [0.15, 0.2) is 5.78 Å². The third-order valence-corrected chi connectivity index (χ3v) is 9.76. The van der Waals surface area contributed by atoms with Crippen molar-refractivity contribution in [2.75, 3.05) is 0 Å². The van der Waals surface area contributed by atoms with Gasteiger partial charge in [-0.2, -0.15) is 15.0 Å². The minimum atomic E-state index is -0.486. The van der Waals surface area contributed by atoms with Gasteiger partial charge in [-0.05, 0) is 86.4 Å². The first-order valence-corrected chi connectivity index (χ1v) is 12.2. The van der Waals surface area contributed by atoms with E-state index in [0.717, 1.165) is 32.1 Å². The summed E-state index contributed by atoms with van der Waals surface area (Å²) in [4.78, 5) is 14.7. The van der Waals surface area contributed by atoms with Crippen LogP contribution < -0.4 is 0 Å². The molecule has 0 saturated heterocycles. The molecule has 3 aliphatic rings. The summed E-state index contributed by atoms with van der Waals surface area (Å²) < 4.78 is 0. The first kappa shape index (κ1) is 22.0. The summed E-state index contributed by atoms with van der Waals surface area (Å²) in [6.45, 7) is 11.9. The number of nitrogens with zero attached hydrogens (tertiary/aromatic N) is 3. The number of aromatic nitrogens is 3. The van der Waals surface area contributed by atoms with E-state index < -0.39 is 5.60 Å². The van der Waals surface area contributed by atoms with E-state index in [2.05, 4.69) is 37.9 Å². The Morgan fingerprint density at radius 2 is 1.77 bits per heavy atom. The van der Waals surface area contributed by atoms with Crippen molar-refractivity contribution in [1.29, 1.82) is 0 Å². The molecule has 1 heterocycles. The molecule has 5 nitrogen and oxygen atoms in total. The number of aliphatic hydroxyl groups is 1. The second-order valence-corrected chi connectivity index (χ2v) is 11.7. The highest BCUT2D eigenvalue weighted by molar-refractivity contribution is 5.81. The van der Waals surface area contributed by atoms with E-state index in [1.807, 2.05) is 6.92 Å². The number of hydrogen-bond acceptors (Lipinski definition) is 4. The van der Waals surface area contributed by atoms with Crippen molar-refractivity contribution in [2.45, 2.75) is 98.1 Å². The Morgan fingerprint density at radius 3 is 2.43 bits per heavy atom. The van der Waals surface area contributed by atoms with Crippen LogP contribution in [0.1, 0.15) is 86.0 Å². The number of rotatable bonds is 5. The third kappa shape index (κ3) is 3.65. The van der Waals surface area contributed by atoms with E-state index in [4.69, 9.17) is 0 Å². The fourth-order valence-electron chi connectivity index (χ4n) is 8.13. The van der Waals surface area contributed by atoms with Gasteiger partial charge in [0.1, 0.15) is 6.54 Å². The van der Waals surface area contributed by atoms with Crippen molar-refractivity contribution < 1.29 is 9.90 Å². The van der Waals surface area contributed by atoms with Gasteiger partial charge in [0.05, 0.1) is 18.0 Å². The zero-order valence-electron chi connectivity index (χ0n) is 19.6. The zero-order valence-corrected chi connectivity index (χ0v) is 19.6. The van der Waals surface area contributed by atoms with E-state index in [-0.39, 0.29) is 11.3 Å². The standard InChI is InChI=1S/C25H41N3O2/c1-6-19-18(8-7-17-15-24(4,30)11-12-25(17,19)5)20-9-10-21(23(20,2)3)22(29)16-28-26-13-14-27-28/h13-14,17-21,30H,6-12,15-16H2,1-5H3/t17-,18-,19+,20+,21-,24-,25+/m1/s1. The second kappa shape index (κ2) is 7.72. The number of carbonyl (C=O) groups is 1.